The molecule has 0 saturated carbocycles. The van der Waals surface area contributed by atoms with Gasteiger partial charge in [-0.15, -0.1) is 4.91 Å². The fraction of sp³-hybridized carbons (Fsp3) is 0.500. The first-order valence-corrected chi connectivity index (χ1v) is 9.87. The van der Waals surface area contributed by atoms with E-state index in [2.05, 4.69) is 20.1 Å². The molecule has 0 aliphatic carbocycles. The normalized spacial score (nSPS) is 11.6. The van der Waals surface area contributed by atoms with Gasteiger partial charge in [0.2, 0.25) is 0 Å². The predicted molar refractivity (Wildman–Crippen MR) is 114 cm³/mol. The Bertz CT molecular complexity index is 859. The Hall–Kier alpha value is -3.30. The van der Waals surface area contributed by atoms with Crippen LogP contribution in [0.25, 0.3) is 0 Å². The van der Waals surface area contributed by atoms with Crippen LogP contribution in [0, 0.1) is 11.8 Å². The number of anilines is 2. The van der Waals surface area contributed by atoms with Gasteiger partial charge in [0.1, 0.15) is 6.54 Å². The Kier molecular flexibility index (Phi) is 8.45. The Morgan fingerprint density at radius 1 is 1.30 bits per heavy atom. The number of carbonyl (C=O) groups excluding carboxylic acids is 1. The summed E-state index contributed by atoms with van der Waals surface area (Å²) < 4.78 is 10.8. The molecule has 0 spiro atoms. The molecule has 10 nitrogen and oxygen atoms in total. The number of nitrogens with two attached hydrogens (primary N) is 1. The van der Waals surface area contributed by atoms with Gasteiger partial charge < -0.3 is 20.1 Å². The first kappa shape index (κ1) is 23.0. The summed E-state index contributed by atoms with van der Waals surface area (Å²) in [7, 11) is 0. The van der Waals surface area contributed by atoms with Crippen molar-refractivity contribution in [2.45, 2.75) is 53.2 Å². The van der Waals surface area contributed by atoms with Gasteiger partial charge in [0, 0.05) is 18.4 Å². The Balaban J connectivity index is 2.44. The molecule has 30 heavy (non-hydrogen) atoms. The SMILES string of the molecule is CCCC(C)Oc1nc(N)c(N=O)c(N(CC(=O)OCC)Cc2ccc(C)nc2)n1. The Morgan fingerprint density at radius 3 is 2.67 bits per heavy atom. The van der Waals surface area contributed by atoms with Gasteiger partial charge in [-0.25, -0.2) is 0 Å². The van der Waals surface area contributed by atoms with Crippen molar-refractivity contribution in [1.82, 2.24) is 15.0 Å². The van der Waals surface area contributed by atoms with Crippen LogP contribution >= 0.6 is 0 Å². The van der Waals surface area contributed by atoms with Gasteiger partial charge >= 0.3 is 12.0 Å². The zero-order valence-electron chi connectivity index (χ0n) is 17.8. The third-order valence-corrected chi connectivity index (χ3v) is 4.24. The van der Waals surface area contributed by atoms with Gasteiger partial charge in [0.05, 0.1) is 12.7 Å². The van der Waals surface area contributed by atoms with E-state index in [-0.39, 0.29) is 49.1 Å². The molecule has 0 amide bonds. The first-order chi connectivity index (χ1) is 14.4. The maximum absolute atomic E-state index is 12.2. The predicted octanol–water partition coefficient (Wildman–Crippen LogP) is 3.30. The third kappa shape index (κ3) is 6.36. The summed E-state index contributed by atoms with van der Waals surface area (Å²) in [5.41, 5.74) is 7.45. The summed E-state index contributed by atoms with van der Waals surface area (Å²) in [6, 6.07) is 3.75. The van der Waals surface area contributed by atoms with Crippen LogP contribution in [0.3, 0.4) is 0 Å². The summed E-state index contributed by atoms with van der Waals surface area (Å²) in [6.07, 6.45) is 3.27. The number of aromatic nitrogens is 3. The number of pyridine rings is 1. The molecule has 1 unspecified atom stereocenters. The van der Waals surface area contributed by atoms with Gasteiger partial charge in [0.15, 0.2) is 17.3 Å². The topological polar surface area (TPSA) is 133 Å². The van der Waals surface area contributed by atoms with Crippen LogP contribution in [-0.4, -0.2) is 40.2 Å². The van der Waals surface area contributed by atoms with E-state index in [0.717, 1.165) is 24.1 Å². The maximum atomic E-state index is 12.2. The number of aryl methyl sites for hydroxylation is 1. The lowest BCUT2D eigenvalue weighted by molar-refractivity contribution is -0.141. The average molecular weight is 416 g/mol. The number of nitroso groups, excluding NO2 is 1. The van der Waals surface area contributed by atoms with Gasteiger partial charge in [-0.05, 0) is 44.0 Å². The number of rotatable bonds is 11. The summed E-state index contributed by atoms with van der Waals surface area (Å²) >= 11 is 0. The third-order valence-electron chi connectivity index (χ3n) is 4.24. The lowest BCUT2D eigenvalue weighted by Crippen LogP contribution is -2.32. The van der Waals surface area contributed by atoms with Crippen LogP contribution in [0.1, 0.15) is 44.9 Å². The van der Waals surface area contributed by atoms with E-state index in [1.807, 2.05) is 32.9 Å². The molecule has 2 aromatic rings. The zero-order valence-corrected chi connectivity index (χ0v) is 17.8. The van der Waals surface area contributed by atoms with Crippen LogP contribution in [0.5, 0.6) is 6.01 Å². The average Bonchev–Trinajstić information content (AvgIpc) is 2.69. The highest BCUT2D eigenvalue weighted by molar-refractivity contribution is 5.80. The van der Waals surface area contributed by atoms with Crippen molar-refractivity contribution in [1.29, 1.82) is 0 Å². The largest absolute Gasteiger partial charge is 0.465 e. The second kappa shape index (κ2) is 11.0. The van der Waals surface area contributed by atoms with Crippen LogP contribution in [-0.2, 0) is 16.1 Å². The smallest absolute Gasteiger partial charge is 0.325 e. The molecule has 2 aromatic heterocycles. The summed E-state index contributed by atoms with van der Waals surface area (Å²) in [6.45, 7) is 7.82. The number of hydrogen-bond donors (Lipinski definition) is 1. The highest BCUT2D eigenvalue weighted by Crippen LogP contribution is 2.34. The number of carbonyl (C=O) groups is 1. The van der Waals surface area contributed by atoms with Crippen LogP contribution in [0.2, 0.25) is 0 Å². The molecular formula is C20H28N6O4. The van der Waals surface area contributed by atoms with Crippen molar-refractivity contribution in [2.24, 2.45) is 5.18 Å². The van der Waals surface area contributed by atoms with Crippen LogP contribution < -0.4 is 15.4 Å². The molecule has 0 aliphatic rings. The molecule has 2 rings (SSSR count). The number of ether oxygens (including phenoxy) is 2. The van der Waals surface area contributed by atoms with E-state index in [1.54, 1.807) is 18.0 Å². The van der Waals surface area contributed by atoms with Crippen molar-refractivity contribution >= 4 is 23.3 Å². The van der Waals surface area contributed by atoms with Crippen molar-refractivity contribution in [2.75, 3.05) is 23.8 Å². The lowest BCUT2D eigenvalue weighted by Gasteiger charge is -2.24. The van der Waals surface area contributed by atoms with E-state index < -0.39 is 5.97 Å². The second-order valence-electron chi connectivity index (χ2n) is 6.84. The van der Waals surface area contributed by atoms with E-state index >= 15 is 0 Å². The van der Waals surface area contributed by atoms with Crippen molar-refractivity contribution in [3.8, 4) is 6.01 Å². The molecule has 0 radical (unpaired) electrons. The zero-order chi connectivity index (χ0) is 22.1. The fourth-order valence-electron chi connectivity index (χ4n) is 2.83. The van der Waals surface area contributed by atoms with Gasteiger partial charge in [-0.1, -0.05) is 19.4 Å². The molecule has 0 bridgehead atoms. The van der Waals surface area contributed by atoms with Crippen molar-refractivity contribution in [3.63, 3.8) is 0 Å². The van der Waals surface area contributed by atoms with E-state index in [0.29, 0.717) is 0 Å². The van der Waals surface area contributed by atoms with Crippen LogP contribution in [0.4, 0.5) is 17.3 Å². The molecule has 0 saturated heterocycles. The monoisotopic (exact) mass is 416 g/mol. The van der Waals surface area contributed by atoms with E-state index in [4.69, 9.17) is 15.2 Å². The summed E-state index contributed by atoms with van der Waals surface area (Å²) in [5.74, 6) is -0.497. The van der Waals surface area contributed by atoms with E-state index in [9.17, 15) is 9.70 Å². The van der Waals surface area contributed by atoms with E-state index in [1.165, 1.54) is 0 Å². The Morgan fingerprint density at radius 2 is 2.07 bits per heavy atom. The van der Waals surface area contributed by atoms with Gasteiger partial charge in [-0.3, -0.25) is 9.78 Å². The molecule has 1 atom stereocenters. The minimum absolute atomic E-state index is 0.0201. The number of hydrogen-bond acceptors (Lipinski definition) is 10. The van der Waals surface area contributed by atoms with Gasteiger partial charge in [-0.2, -0.15) is 9.97 Å². The molecular weight excluding hydrogens is 388 g/mol. The molecule has 2 heterocycles. The maximum Gasteiger partial charge on any atom is 0.325 e. The molecule has 10 heteroatoms. The van der Waals surface area contributed by atoms with Gasteiger partial charge in [0.25, 0.3) is 0 Å². The minimum Gasteiger partial charge on any atom is -0.465 e. The second-order valence-corrected chi connectivity index (χ2v) is 6.84. The minimum atomic E-state index is -0.478. The first-order valence-electron chi connectivity index (χ1n) is 9.87. The summed E-state index contributed by atoms with van der Waals surface area (Å²) in [5, 5.41) is 2.99. The Labute approximate surface area is 175 Å². The standard InChI is InChI=1S/C20H28N6O4/c1-5-7-14(4)30-20-23-18(21)17(25-28)19(24-20)26(12-16(27)29-6-2)11-15-9-8-13(3)22-10-15/h8-10,14H,5-7,11-12H2,1-4H3,(H2,21,23,24). The molecule has 2 N–H and O–H groups in total. The van der Waals surface area contributed by atoms with Crippen LogP contribution in [0.15, 0.2) is 23.5 Å². The number of nitrogens with zero attached hydrogens (tertiary/aromatic N) is 5. The lowest BCUT2D eigenvalue weighted by atomic mass is 10.2. The number of esters is 1. The quantitative estimate of drug-likeness (QED) is 0.432. The molecule has 0 fully saturated rings. The fourth-order valence-corrected chi connectivity index (χ4v) is 2.83. The molecule has 0 aromatic carbocycles. The highest BCUT2D eigenvalue weighted by Gasteiger charge is 2.23. The highest BCUT2D eigenvalue weighted by atomic mass is 16.5. The molecule has 162 valence electrons. The van der Waals surface area contributed by atoms with Crippen molar-refractivity contribution < 1.29 is 14.3 Å². The number of nitrogen functional groups attached to an aromatic ring is 1. The molecule has 0 aliphatic heterocycles. The van der Waals surface area contributed by atoms with Crippen molar-refractivity contribution in [3.05, 3.63) is 34.5 Å². The summed E-state index contributed by atoms with van der Waals surface area (Å²) in [4.78, 5) is 37.9.